The quantitative estimate of drug-likeness (QED) is 0.205. The first-order valence-electron chi connectivity index (χ1n) is 12.9. The summed E-state index contributed by atoms with van der Waals surface area (Å²) in [7, 11) is 0. The molecule has 0 saturated heterocycles. The maximum absolute atomic E-state index is 11.6. The predicted octanol–water partition coefficient (Wildman–Crippen LogP) is 7.49. The molecule has 0 N–H and O–H groups in total. The molecule has 0 aliphatic rings. The summed E-state index contributed by atoms with van der Waals surface area (Å²) in [6.45, 7) is 14.2. The third-order valence-corrected chi connectivity index (χ3v) is 10.4. The molecule has 2 atom stereocenters. The Morgan fingerprint density at radius 2 is 1.10 bits per heavy atom. The molecule has 0 spiro atoms. The van der Waals surface area contributed by atoms with Crippen molar-refractivity contribution in [2.75, 3.05) is 24.7 Å². The normalized spacial score (nSPS) is 13.1. The minimum absolute atomic E-state index is 0.0150. The fraction of sp³-hybridized carbons (Fsp3) is 0.500. The highest BCUT2D eigenvalue weighted by Crippen LogP contribution is 2.34. The van der Waals surface area contributed by atoms with E-state index in [4.69, 9.17) is 9.47 Å². The second-order valence-electron chi connectivity index (χ2n) is 9.94. The van der Waals surface area contributed by atoms with Crippen molar-refractivity contribution in [1.29, 1.82) is 0 Å². The van der Waals surface area contributed by atoms with Crippen LogP contribution in [0.25, 0.3) is 0 Å². The largest absolute Gasteiger partial charge is 0.492 e. The summed E-state index contributed by atoms with van der Waals surface area (Å²) in [5.41, 5.74) is 2.07. The van der Waals surface area contributed by atoms with Crippen LogP contribution in [-0.4, -0.2) is 55.8 Å². The van der Waals surface area contributed by atoms with Crippen molar-refractivity contribution >= 4 is 62.4 Å². The molecular weight excluding hydrogens is 569 g/mol. The van der Waals surface area contributed by atoms with Gasteiger partial charge in [-0.25, -0.2) is 0 Å². The maximum Gasteiger partial charge on any atom is 0.186 e. The van der Waals surface area contributed by atoms with Crippen LogP contribution in [0.4, 0.5) is 0 Å². The van der Waals surface area contributed by atoms with Gasteiger partial charge in [0, 0.05) is 37.7 Å². The van der Waals surface area contributed by atoms with Crippen LogP contribution in [0.2, 0.25) is 0 Å². The van der Waals surface area contributed by atoms with Crippen molar-refractivity contribution in [1.82, 2.24) is 0 Å². The Kier molecular flexibility index (Phi) is 14.4. The highest BCUT2D eigenvalue weighted by molar-refractivity contribution is 8.17. The zero-order chi connectivity index (χ0) is 29.0. The molecule has 0 aliphatic carbocycles. The van der Waals surface area contributed by atoms with Crippen LogP contribution in [0, 0.1) is 0 Å². The Balaban J connectivity index is 1.99. The lowest BCUT2D eigenvalue weighted by Crippen LogP contribution is -2.21. The minimum atomic E-state index is -0.233. The Morgan fingerprint density at radius 3 is 1.46 bits per heavy atom. The number of hydrogen-bond acceptors (Lipinski definition) is 9. The minimum Gasteiger partial charge on any atom is -0.492 e. The zero-order valence-corrected chi connectivity index (χ0v) is 27.1. The van der Waals surface area contributed by atoms with Gasteiger partial charge in [0.15, 0.2) is 15.3 Å². The third-order valence-electron chi connectivity index (χ3n) is 5.78. The number of thioether (sulfide) groups is 4. The average Bonchev–Trinajstić information content (AvgIpc) is 2.87. The number of carbonyl (C=O) groups excluding carboxylic acids is 3. The molecule has 0 amide bonds. The van der Waals surface area contributed by atoms with Crippen molar-refractivity contribution in [2.24, 2.45) is 0 Å². The molecule has 0 aliphatic heterocycles. The summed E-state index contributed by atoms with van der Waals surface area (Å²) in [5, 5.41) is 0.716. The van der Waals surface area contributed by atoms with Gasteiger partial charge in [-0.15, -0.1) is 0 Å². The highest BCUT2D eigenvalue weighted by Gasteiger charge is 2.24. The van der Waals surface area contributed by atoms with Crippen LogP contribution in [-0.2, 0) is 19.8 Å². The van der Waals surface area contributed by atoms with E-state index in [1.165, 1.54) is 49.1 Å². The lowest BCUT2D eigenvalue weighted by molar-refractivity contribution is -0.110. The molecule has 2 aromatic carbocycles. The van der Waals surface area contributed by atoms with Crippen LogP contribution in [0.15, 0.2) is 48.5 Å². The summed E-state index contributed by atoms with van der Waals surface area (Å²) < 4.78 is 12.0. The molecule has 9 heteroatoms. The molecule has 0 radical (unpaired) electrons. The fourth-order valence-corrected chi connectivity index (χ4v) is 7.10. The molecule has 5 nitrogen and oxygen atoms in total. The van der Waals surface area contributed by atoms with Crippen LogP contribution in [0.5, 0.6) is 11.5 Å². The van der Waals surface area contributed by atoms with E-state index in [9.17, 15) is 14.4 Å². The molecule has 2 rings (SSSR count). The number of ether oxygens (including phenoxy) is 2. The van der Waals surface area contributed by atoms with Crippen LogP contribution < -0.4 is 9.47 Å². The highest BCUT2D eigenvalue weighted by atomic mass is 32.2. The molecule has 0 bridgehead atoms. The maximum atomic E-state index is 11.6. The van der Waals surface area contributed by atoms with Crippen LogP contribution >= 0.6 is 47.0 Å². The molecular formula is C30H40O5S4. The van der Waals surface area contributed by atoms with E-state index in [0.717, 1.165) is 28.4 Å². The van der Waals surface area contributed by atoms with E-state index in [1.807, 2.05) is 36.0 Å². The summed E-state index contributed by atoms with van der Waals surface area (Å²) in [6.07, 6.45) is 0. The Bertz CT molecular complexity index is 1070. The third kappa shape index (κ3) is 12.7. The van der Waals surface area contributed by atoms with Crippen LogP contribution in [0.1, 0.15) is 59.6 Å². The van der Waals surface area contributed by atoms with Gasteiger partial charge in [0.25, 0.3) is 0 Å². The van der Waals surface area contributed by atoms with Gasteiger partial charge in [0.05, 0.1) is 10.5 Å². The molecule has 2 unspecified atom stereocenters. The van der Waals surface area contributed by atoms with Gasteiger partial charge in [-0.2, -0.15) is 11.8 Å². The second kappa shape index (κ2) is 16.7. The molecule has 0 aromatic heterocycles. The Labute approximate surface area is 250 Å². The van der Waals surface area contributed by atoms with Crippen molar-refractivity contribution in [3.63, 3.8) is 0 Å². The summed E-state index contributed by atoms with van der Waals surface area (Å²) in [6, 6.07) is 16.2. The number of carbonyl (C=O) groups is 3. The van der Waals surface area contributed by atoms with Crippen LogP contribution in [0.3, 0.4) is 0 Å². The van der Waals surface area contributed by atoms with E-state index >= 15 is 0 Å². The van der Waals surface area contributed by atoms with E-state index < -0.39 is 0 Å². The number of rotatable bonds is 15. The Hall–Kier alpha value is -1.55. The average molecular weight is 609 g/mol. The molecule has 0 heterocycles. The van der Waals surface area contributed by atoms with Gasteiger partial charge in [-0.3, -0.25) is 14.4 Å². The topological polar surface area (TPSA) is 69.7 Å². The predicted molar refractivity (Wildman–Crippen MR) is 171 cm³/mol. The summed E-state index contributed by atoms with van der Waals surface area (Å²) >= 11 is 5.62. The van der Waals surface area contributed by atoms with E-state index in [2.05, 4.69) is 52.0 Å². The Morgan fingerprint density at radius 1 is 0.692 bits per heavy atom. The van der Waals surface area contributed by atoms with Gasteiger partial charge in [-0.05, 0) is 40.6 Å². The van der Waals surface area contributed by atoms with Crippen molar-refractivity contribution < 1.29 is 23.9 Å². The van der Waals surface area contributed by atoms with Gasteiger partial charge < -0.3 is 9.47 Å². The first-order chi connectivity index (χ1) is 18.4. The SMILES string of the molecule is CC(=O)SCC(COc1ccc(C(C)(C)c2ccc(OCC(CSC(C)C)SC(C)=O)cc2)cc1)SC(C)=O. The first-order valence-corrected chi connectivity index (χ1v) is 16.7. The van der Waals surface area contributed by atoms with Gasteiger partial charge in [0.2, 0.25) is 0 Å². The van der Waals surface area contributed by atoms with E-state index in [1.54, 1.807) is 6.92 Å². The van der Waals surface area contributed by atoms with Crippen molar-refractivity contribution in [3.8, 4) is 11.5 Å². The zero-order valence-electron chi connectivity index (χ0n) is 23.9. The standard InChI is InChI=1S/C30H40O5S4/c1-20(2)36-18-28(38-22(4)32)16-34-26-12-8-24(9-13-26)30(6,7)25-10-14-27(15-11-25)35-17-29(39-23(5)33)19-37-21(3)31/h8-15,20,28-29H,16-19H2,1-7H3. The molecule has 39 heavy (non-hydrogen) atoms. The second-order valence-corrected chi connectivity index (χ2v) is 15.7. The smallest absolute Gasteiger partial charge is 0.186 e. The van der Waals surface area contributed by atoms with Crippen molar-refractivity contribution in [2.45, 2.75) is 69.6 Å². The lowest BCUT2D eigenvalue weighted by atomic mass is 9.78. The number of hydrogen-bond donors (Lipinski definition) is 0. The summed E-state index contributed by atoms with van der Waals surface area (Å²) in [4.78, 5) is 34.5. The van der Waals surface area contributed by atoms with Gasteiger partial charge in [-0.1, -0.05) is 87.2 Å². The first kappa shape index (κ1) is 33.7. The monoisotopic (exact) mass is 608 g/mol. The van der Waals surface area contributed by atoms with Gasteiger partial charge in [0.1, 0.15) is 24.7 Å². The number of benzene rings is 2. The van der Waals surface area contributed by atoms with E-state index in [0.29, 0.717) is 24.2 Å². The molecule has 0 fully saturated rings. The van der Waals surface area contributed by atoms with Gasteiger partial charge >= 0.3 is 0 Å². The summed E-state index contributed by atoms with van der Waals surface area (Å²) in [5.74, 6) is 2.94. The lowest BCUT2D eigenvalue weighted by Gasteiger charge is -2.27. The molecule has 0 saturated carbocycles. The van der Waals surface area contributed by atoms with E-state index in [-0.39, 0.29) is 31.3 Å². The fourth-order valence-electron chi connectivity index (χ4n) is 3.69. The molecule has 2 aromatic rings. The molecule has 214 valence electrons. The van der Waals surface area contributed by atoms with Crippen molar-refractivity contribution in [3.05, 3.63) is 59.7 Å².